The third-order valence-corrected chi connectivity index (χ3v) is 4.13. The lowest BCUT2D eigenvalue weighted by atomic mass is 10.2. The molecule has 0 aliphatic rings. The lowest BCUT2D eigenvalue weighted by Gasteiger charge is -2.14. The molecule has 1 N–H and O–H groups in total. The maximum Gasteiger partial charge on any atom is 0.124 e. The standard InChI is InChI=1S/C18H22BrClN2O/c1-22(2)10-9-21-12-15-11-16(19)5-8-18(15)23-13-14-3-6-17(20)7-4-14/h3-8,11,21H,9-10,12-13H2,1-2H3. The molecule has 5 heteroatoms. The molecule has 0 bridgehead atoms. The molecule has 0 aliphatic carbocycles. The van der Waals surface area contributed by atoms with Crippen LogP contribution in [0.15, 0.2) is 46.9 Å². The fourth-order valence-corrected chi connectivity index (χ4v) is 2.63. The van der Waals surface area contributed by atoms with E-state index < -0.39 is 0 Å². The van der Waals surface area contributed by atoms with E-state index in [0.717, 1.165) is 46.0 Å². The quantitative estimate of drug-likeness (QED) is 0.671. The maximum absolute atomic E-state index is 5.98. The van der Waals surface area contributed by atoms with Crippen molar-refractivity contribution in [3.8, 4) is 5.75 Å². The first-order valence-electron chi connectivity index (χ1n) is 7.56. The Hall–Kier alpha value is -1.07. The second-order valence-electron chi connectivity index (χ2n) is 5.65. The Morgan fingerprint density at radius 1 is 1.13 bits per heavy atom. The number of nitrogens with zero attached hydrogens (tertiary/aromatic N) is 1. The van der Waals surface area contributed by atoms with E-state index in [4.69, 9.17) is 16.3 Å². The fourth-order valence-electron chi connectivity index (χ4n) is 2.09. The van der Waals surface area contributed by atoms with Crippen molar-refractivity contribution in [2.45, 2.75) is 13.2 Å². The van der Waals surface area contributed by atoms with Gasteiger partial charge in [-0.25, -0.2) is 0 Å². The summed E-state index contributed by atoms with van der Waals surface area (Å²) >= 11 is 9.43. The van der Waals surface area contributed by atoms with Gasteiger partial charge in [-0.3, -0.25) is 0 Å². The maximum atomic E-state index is 5.98. The van der Waals surface area contributed by atoms with Crippen LogP contribution < -0.4 is 10.1 Å². The number of benzene rings is 2. The number of ether oxygens (including phenoxy) is 1. The van der Waals surface area contributed by atoms with Gasteiger partial charge in [-0.2, -0.15) is 0 Å². The second kappa shape index (κ2) is 9.28. The molecule has 2 rings (SSSR count). The van der Waals surface area contributed by atoms with Gasteiger partial charge in [-0.05, 0) is 50.0 Å². The monoisotopic (exact) mass is 396 g/mol. The lowest BCUT2D eigenvalue weighted by molar-refractivity contribution is 0.301. The topological polar surface area (TPSA) is 24.5 Å². The van der Waals surface area contributed by atoms with Crippen molar-refractivity contribution in [2.24, 2.45) is 0 Å². The van der Waals surface area contributed by atoms with E-state index in [1.54, 1.807) is 0 Å². The number of halogens is 2. The molecular weight excluding hydrogens is 376 g/mol. The lowest BCUT2D eigenvalue weighted by Crippen LogP contribution is -2.26. The van der Waals surface area contributed by atoms with Gasteiger partial charge in [0.05, 0.1) is 0 Å². The predicted octanol–water partition coefficient (Wildman–Crippen LogP) is 4.33. The number of likely N-dealkylation sites (N-methyl/N-ethyl adjacent to an activating group) is 1. The molecule has 124 valence electrons. The molecule has 0 radical (unpaired) electrons. The number of hydrogen-bond donors (Lipinski definition) is 1. The van der Waals surface area contributed by atoms with Gasteiger partial charge in [0.25, 0.3) is 0 Å². The zero-order valence-electron chi connectivity index (χ0n) is 13.5. The van der Waals surface area contributed by atoms with Crippen LogP contribution in [0.25, 0.3) is 0 Å². The summed E-state index contributed by atoms with van der Waals surface area (Å²) in [6, 6.07) is 13.8. The third-order valence-electron chi connectivity index (χ3n) is 3.38. The molecule has 0 amide bonds. The van der Waals surface area contributed by atoms with Gasteiger partial charge in [-0.15, -0.1) is 0 Å². The van der Waals surface area contributed by atoms with Gasteiger partial charge >= 0.3 is 0 Å². The zero-order chi connectivity index (χ0) is 16.7. The van der Waals surface area contributed by atoms with Crippen molar-refractivity contribution in [3.05, 3.63) is 63.1 Å². The third kappa shape index (κ3) is 6.51. The van der Waals surface area contributed by atoms with Gasteiger partial charge in [0.2, 0.25) is 0 Å². The van der Waals surface area contributed by atoms with Crippen molar-refractivity contribution < 1.29 is 4.74 Å². The van der Waals surface area contributed by atoms with E-state index in [2.05, 4.69) is 46.3 Å². The SMILES string of the molecule is CN(C)CCNCc1cc(Br)ccc1OCc1ccc(Cl)cc1. The molecule has 0 saturated carbocycles. The number of rotatable bonds is 8. The molecule has 0 spiro atoms. The molecule has 23 heavy (non-hydrogen) atoms. The van der Waals surface area contributed by atoms with Crippen LogP contribution in [-0.2, 0) is 13.2 Å². The fraction of sp³-hybridized carbons (Fsp3) is 0.333. The Labute approximate surface area is 151 Å². The second-order valence-corrected chi connectivity index (χ2v) is 7.00. The van der Waals surface area contributed by atoms with E-state index in [-0.39, 0.29) is 0 Å². The van der Waals surface area contributed by atoms with Crippen LogP contribution in [-0.4, -0.2) is 32.1 Å². The minimum absolute atomic E-state index is 0.531. The average molecular weight is 398 g/mol. The Balaban J connectivity index is 1.95. The highest BCUT2D eigenvalue weighted by atomic mass is 79.9. The molecule has 2 aromatic rings. The number of nitrogens with one attached hydrogen (secondary N) is 1. The van der Waals surface area contributed by atoms with E-state index in [0.29, 0.717) is 6.61 Å². The van der Waals surface area contributed by atoms with Crippen molar-refractivity contribution in [1.82, 2.24) is 10.2 Å². The van der Waals surface area contributed by atoms with Crippen molar-refractivity contribution in [2.75, 3.05) is 27.2 Å². The van der Waals surface area contributed by atoms with E-state index in [9.17, 15) is 0 Å². The van der Waals surface area contributed by atoms with Crippen LogP contribution >= 0.6 is 27.5 Å². The van der Waals surface area contributed by atoms with E-state index in [1.165, 1.54) is 0 Å². The summed E-state index contributed by atoms with van der Waals surface area (Å²) < 4.78 is 7.04. The van der Waals surface area contributed by atoms with Gasteiger partial charge in [-0.1, -0.05) is 39.7 Å². The highest BCUT2D eigenvalue weighted by molar-refractivity contribution is 9.10. The molecule has 0 heterocycles. The van der Waals surface area contributed by atoms with Gasteiger partial charge in [0.15, 0.2) is 0 Å². The van der Waals surface area contributed by atoms with Crippen molar-refractivity contribution in [3.63, 3.8) is 0 Å². The smallest absolute Gasteiger partial charge is 0.124 e. The Morgan fingerprint density at radius 2 is 1.87 bits per heavy atom. The molecule has 0 aliphatic heterocycles. The summed E-state index contributed by atoms with van der Waals surface area (Å²) in [4.78, 5) is 2.16. The molecule has 0 aromatic heterocycles. The summed E-state index contributed by atoms with van der Waals surface area (Å²) in [5, 5.41) is 4.19. The molecule has 3 nitrogen and oxygen atoms in total. The first-order valence-corrected chi connectivity index (χ1v) is 8.73. The molecule has 2 aromatic carbocycles. The molecule has 0 atom stereocenters. The molecule has 0 saturated heterocycles. The van der Waals surface area contributed by atoms with Crippen LogP contribution in [0.4, 0.5) is 0 Å². The Bertz CT molecular complexity index is 617. The minimum atomic E-state index is 0.531. The van der Waals surface area contributed by atoms with Crippen LogP contribution in [0.3, 0.4) is 0 Å². The zero-order valence-corrected chi connectivity index (χ0v) is 15.8. The minimum Gasteiger partial charge on any atom is -0.489 e. The summed E-state index contributed by atoms with van der Waals surface area (Å²) in [6.07, 6.45) is 0. The van der Waals surface area contributed by atoms with E-state index in [1.807, 2.05) is 36.4 Å². The number of hydrogen-bond acceptors (Lipinski definition) is 3. The Kier molecular flexibility index (Phi) is 7.37. The van der Waals surface area contributed by atoms with Crippen molar-refractivity contribution in [1.29, 1.82) is 0 Å². The van der Waals surface area contributed by atoms with E-state index >= 15 is 0 Å². The predicted molar refractivity (Wildman–Crippen MR) is 100 cm³/mol. The largest absolute Gasteiger partial charge is 0.489 e. The van der Waals surface area contributed by atoms with Crippen LogP contribution in [0, 0.1) is 0 Å². The summed E-state index contributed by atoms with van der Waals surface area (Å²) in [7, 11) is 4.14. The van der Waals surface area contributed by atoms with Crippen LogP contribution in [0.2, 0.25) is 5.02 Å². The first-order chi connectivity index (χ1) is 11.0. The van der Waals surface area contributed by atoms with Gasteiger partial charge in [0, 0.05) is 34.7 Å². The Morgan fingerprint density at radius 3 is 2.57 bits per heavy atom. The van der Waals surface area contributed by atoms with Gasteiger partial charge in [0.1, 0.15) is 12.4 Å². The summed E-state index contributed by atoms with van der Waals surface area (Å²) in [6.45, 7) is 3.26. The normalized spacial score (nSPS) is 11.0. The first kappa shape index (κ1) is 18.3. The van der Waals surface area contributed by atoms with Gasteiger partial charge < -0.3 is 15.0 Å². The molecule has 0 fully saturated rings. The highest BCUT2D eigenvalue weighted by Gasteiger charge is 2.05. The van der Waals surface area contributed by atoms with Crippen molar-refractivity contribution >= 4 is 27.5 Å². The summed E-state index contributed by atoms with van der Waals surface area (Å²) in [5.41, 5.74) is 2.25. The van der Waals surface area contributed by atoms with Crippen LogP contribution in [0.5, 0.6) is 5.75 Å². The average Bonchev–Trinajstić information content (AvgIpc) is 2.52. The summed E-state index contributed by atoms with van der Waals surface area (Å²) in [5.74, 6) is 0.903. The van der Waals surface area contributed by atoms with Crippen LogP contribution in [0.1, 0.15) is 11.1 Å². The molecule has 0 unspecified atom stereocenters. The highest BCUT2D eigenvalue weighted by Crippen LogP contribution is 2.24. The molecular formula is C18H22BrClN2O.